The third-order valence-corrected chi connectivity index (χ3v) is 12.6. The van der Waals surface area contributed by atoms with Gasteiger partial charge in [-0.2, -0.15) is 9.21 Å². The summed E-state index contributed by atoms with van der Waals surface area (Å²) in [5.41, 5.74) is 4.47. The number of nitrogens with zero attached hydrogens (tertiary/aromatic N) is 6. The molecular weight excluding hydrogens is 763 g/mol. The second-order valence-corrected chi connectivity index (χ2v) is 17.5. The van der Waals surface area contributed by atoms with Crippen LogP contribution >= 0.6 is 11.3 Å². The first-order valence-corrected chi connectivity index (χ1v) is 21.1. The standard InChI is InChI=1S/C42H47N7O6S2/c1-29(2)40(49-22-21-47(42(49)52)26-35-28-56-30(3)45-35)41(51)46-38(23-31-9-5-4-6-10-31)39(50)27-48(57(54,55)36-18-14-32(15-19-36)24-44-53)25-33-12-16-34(17-13-33)37-11-7-8-20-43-37/h4-20,28-29,38-40,50H,21-27H2,1-3H3,(H,46,51)/t38-,39+,40-/m0/s1. The first-order valence-electron chi connectivity index (χ1n) is 18.8. The smallest absolute Gasteiger partial charge is 0.321 e. The summed E-state index contributed by atoms with van der Waals surface area (Å²) in [6.07, 6.45) is 0.523. The van der Waals surface area contributed by atoms with E-state index in [1.54, 1.807) is 16.0 Å². The van der Waals surface area contributed by atoms with Crippen LogP contribution in [0.3, 0.4) is 0 Å². The minimum absolute atomic E-state index is 0.0251. The summed E-state index contributed by atoms with van der Waals surface area (Å²) in [5.74, 6) is -0.711. The predicted molar refractivity (Wildman–Crippen MR) is 219 cm³/mol. The highest BCUT2D eigenvalue weighted by molar-refractivity contribution is 7.89. The largest absolute Gasteiger partial charge is 0.390 e. The van der Waals surface area contributed by atoms with Gasteiger partial charge in [-0.15, -0.1) is 11.3 Å². The normalized spacial score (nSPS) is 14.9. The van der Waals surface area contributed by atoms with E-state index in [0.29, 0.717) is 30.8 Å². The zero-order chi connectivity index (χ0) is 40.5. The summed E-state index contributed by atoms with van der Waals surface area (Å²) >= 11 is 1.51. The molecule has 3 aromatic carbocycles. The minimum Gasteiger partial charge on any atom is -0.390 e. The van der Waals surface area contributed by atoms with Crippen molar-refractivity contribution in [1.82, 2.24) is 29.4 Å². The van der Waals surface area contributed by atoms with E-state index in [9.17, 15) is 28.0 Å². The number of carbonyl (C=O) groups excluding carboxylic acids is 2. The molecule has 1 fully saturated rings. The summed E-state index contributed by atoms with van der Waals surface area (Å²) in [6, 6.07) is 26.2. The summed E-state index contributed by atoms with van der Waals surface area (Å²) in [4.78, 5) is 51.0. The van der Waals surface area contributed by atoms with Crippen molar-refractivity contribution in [3.05, 3.63) is 141 Å². The molecule has 13 nitrogen and oxygen atoms in total. The number of carbonyl (C=O) groups is 2. The van der Waals surface area contributed by atoms with Crippen LogP contribution in [-0.2, 0) is 40.9 Å². The summed E-state index contributed by atoms with van der Waals surface area (Å²) in [6.45, 7) is 6.22. The average Bonchev–Trinajstić information content (AvgIpc) is 3.79. The molecule has 3 amide bonds. The number of amides is 3. The van der Waals surface area contributed by atoms with Crippen LogP contribution in [0.2, 0.25) is 0 Å². The van der Waals surface area contributed by atoms with Gasteiger partial charge in [0.05, 0.1) is 40.0 Å². The highest BCUT2D eigenvalue weighted by Gasteiger charge is 2.40. The van der Waals surface area contributed by atoms with Gasteiger partial charge in [0.2, 0.25) is 15.9 Å². The van der Waals surface area contributed by atoms with Crippen molar-refractivity contribution in [1.29, 1.82) is 0 Å². The number of nitrogens with one attached hydrogen (secondary N) is 1. The van der Waals surface area contributed by atoms with Crippen molar-refractivity contribution in [3.63, 3.8) is 0 Å². The number of rotatable bonds is 18. The lowest BCUT2D eigenvalue weighted by Crippen LogP contribution is -2.57. The zero-order valence-corrected chi connectivity index (χ0v) is 33.8. The van der Waals surface area contributed by atoms with E-state index in [0.717, 1.165) is 27.5 Å². The number of urea groups is 1. The van der Waals surface area contributed by atoms with Crippen molar-refractivity contribution in [3.8, 4) is 11.3 Å². The van der Waals surface area contributed by atoms with Crippen molar-refractivity contribution >= 4 is 33.3 Å². The van der Waals surface area contributed by atoms with Crippen molar-refractivity contribution in [2.45, 2.75) is 69.9 Å². The number of aromatic nitrogens is 2. The molecule has 1 aliphatic heterocycles. The lowest BCUT2D eigenvalue weighted by molar-refractivity contribution is -0.128. The van der Waals surface area contributed by atoms with E-state index in [-0.39, 0.29) is 42.9 Å². The van der Waals surface area contributed by atoms with Gasteiger partial charge in [-0.3, -0.25) is 9.78 Å². The number of hydrogen-bond acceptors (Lipinski definition) is 10. The van der Waals surface area contributed by atoms with Gasteiger partial charge in [-0.25, -0.2) is 18.2 Å². The Hall–Kier alpha value is -5.35. The second kappa shape index (κ2) is 18.7. The molecule has 0 spiro atoms. The van der Waals surface area contributed by atoms with Gasteiger partial charge in [0, 0.05) is 43.3 Å². The van der Waals surface area contributed by atoms with Gasteiger partial charge in [-0.1, -0.05) is 91.8 Å². The molecule has 2 N–H and O–H groups in total. The highest BCUT2D eigenvalue weighted by atomic mass is 32.2. The number of thiazole rings is 1. The van der Waals surface area contributed by atoms with Crippen molar-refractivity contribution in [2.75, 3.05) is 19.6 Å². The topological polar surface area (TPSA) is 165 Å². The second-order valence-electron chi connectivity index (χ2n) is 14.5. The lowest BCUT2D eigenvalue weighted by atomic mass is 9.97. The number of benzene rings is 3. The van der Waals surface area contributed by atoms with Gasteiger partial charge in [0.1, 0.15) is 12.6 Å². The molecule has 57 heavy (non-hydrogen) atoms. The van der Waals surface area contributed by atoms with E-state index in [4.69, 9.17) is 0 Å². The molecule has 15 heteroatoms. The highest BCUT2D eigenvalue weighted by Crippen LogP contribution is 2.25. The fraction of sp³-hybridized carbons (Fsp3) is 0.333. The molecule has 0 radical (unpaired) electrons. The molecule has 0 unspecified atom stereocenters. The van der Waals surface area contributed by atoms with Gasteiger partial charge in [0.25, 0.3) is 0 Å². The van der Waals surface area contributed by atoms with Crippen LogP contribution in [0.25, 0.3) is 11.3 Å². The Labute approximate surface area is 337 Å². The SMILES string of the molecule is Cc1nc(CN2CCN([C@H](C(=O)N[C@@H](Cc3ccccc3)[C@H](O)CN(Cc3ccc(-c4ccccn4)cc3)S(=O)(=O)c3ccc(CN=O)cc3)C(C)C)C2=O)cs1. The molecule has 6 rings (SSSR count). The summed E-state index contributed by atoms with van der Waals surface area (Å²) in [5, 5.41) is 20.8. The van der Waals surface area contributed by atoms with E-state index in [1.807, 2.05) is 98.9 Å². The van der Waals surface area contributed by atoms with E-state index in [1.165, 1.54) is 39.9 Å². The monoisotopic (exact) mass is 809 g/mol. The predicted octanol–water partition coefficient (Wildman–Crippen LogP) is 6.02. The number of pyridine rings is 1. The summed E-state index contributed by atoms with van der Waals surface area (Å²) in [7, 11) is -4.23. The van der Waals surface area contributed by atoms with Crippen LogP contribution in [0, 0.1) is 17.7 Å². The average molecular weight is 810 g/mol. The number of aryl methyl sites for hydroxylation is 1. The number of aliphatic hydroxyl groups is 1. The quantitative estimate of drug-likeness (QED) is 0.102. The number of aliphatic hydroxyl groups excluding tert-OH is 1. The first kappa shape index (κ1) is 41.3. The molecule has 1 aliphatic rings. The molecule has 0 bridgehead atoms. The zero-order valence-electron chi connectivity index (χ0n) is 32.1. The Bertz CT molecular complexity index is 2220. The number of hydrogen-bond donors (Lipinski definition) is 2. The molecule has 2 aromatic heterocycles. The van der Waals surface area contributed by atoms with Crippen LogP contribution in [-0.4, -0.2) is 87.4 Å². The van der Waals surface area contributed by atoms with Crippen LogP contribution < -0.4 is 5.32 Å². The van der Waals surface area contributed by atoms with Gasteiger partial charge >= 0.3 is 6.03 Å². The Morgan fingerprint density at radius 2 is 1.65 bits per heavy atom. The lowest BCUT2D eigenvalue weighted by Gasteiger charge is -2.34. The Balaban J connectivity index is 1.27. The molecule has 3 heterocycles. The van der Waals surface area contributed by atoms with E-state index in [2.05, 4.69) is 20.5 Å². The van der Waals surface area contributed by atoms with Crippen LogP contribution in [0.4, 0.5) is 4.79 Å². The first-order chi connectivity index (χ1) is 27.4. The van der Waals surface area contributed by atoms with E-state index >= 15 is 0 Å². The molecule has 5 aromatic rings. The maximum Gasteiger partial charge on any atom is 0.321 e. The third-order valence-electron chi connectivity index (χ3n) is 9.95. The molecule has 3 atom stereocenters. The Morgan fingerprint density at radius 1 is 0.947 bits per heavy atom. The molecule has 1 saturated heterocycles. The van der Waals surface area contributed by atoms with E-state index < -0.39 is 34.1 Å². The molecule has 298 valence electrons. The molecule has 0 aliphatic carbocycles. The van der Waals surface area contributed by atoms with Gasteiger partial charge in [0.15, 0.2) is 0 Å². The number of sulfonamides is 1. The van der Waals surface area contributed by atoms with Gasteiger partial charge in [-0.05, 0) is 60.2 Å². The Kier molecular flexibility index (Phi) is 13.6. The fourth-order valence-electron chi connectivity index (χ4n) is 7.00. The number of nitroso groups, excluding NO2 is 1. The van der Waals surface area contributed by atoms with Crippen LogP contribution in [0.1, 0.15) is 41.2 Å². The minimum atomic E-state index is -4.23. The molecular formula is C42H47N7O6S2. The Morgan fingerprint density at radius 3 is 2.28 bits per heavy atom. The van der Waals surface area contributed by atoms with Crippen LogP contribution in [0.15, 0.2) is 119 Å². The molecule has 0 saturated carbocycles. The van der Waals surface area contributed by atoms with Crippen molar-refractivity contribution in [2.24, 2.45) is 11.1 Å². The van der Waals surface area contributed by atoms with Gasteiger partial charge < -0.3 is 20.2 Å². The third kappa shape index (κ3) is 10.3. The fourth-order valence-corrected chi connectivity index (χ4v) is 9.05. The maximum atomic E-state index is 14.4. The summed E-state index contributed by atoms with van der Waals surface area (Å²) < 4.78 is 30.0. The van der Waals surface area contributed by atoms with Crippen molar-refractivity contribution < 1.29 is 23.1 Å². The van der Waals surface area contributed by atoms with Crippen LogP contribution in [0.5, 0.6) is 0 Å². The maximum absolute atomic E-state index is 14.4.